The third kappa shape index (κ3) is 3.41. The third-order valence-corrected chi connectivity index (χ3v) is 5.20. The van der Waals surface area contributed by atoms with Crippen LogP contribution in [0, 0.1) is 17.0 Å². The number of aromatic nitrogens is 3. The van der Waals surface area contributed by atoms with Gasteiger partial charge in [0.15, 0.2) is 5.16 Å². The van der Waals surface area contributed by atoms with Gasteiger partial charge in [0.2, 0.25) is 5.91 Å². The molecule has 130 valence electrons. The molecule has 0 N–H and O–H groups in total. The van der Waals surface area contributed by atoms with Crippen molar-refractivity contribution in [2.45, 2.75) is 30.3 Å². The lowest BCUT2D eigenvalue weighted by molar-refractivity contribution is -0.384. The maximum atomic E-state index is 12.7. The number of thioether (sulfide) groups is 1. The van der Waals surface area contributed by atoms with Crippen molar-refractivity contribution >= 4 is 29.0 Å². The van der Waals surface area contributed by atoms with Crippen LogP contribution in [0.2, 0.25) is 0 Å². The minimum Gasteiger partial charge on any atom is -0.311 e. The zero-order valence-electron chi connectivity index (χ0n) is 13.7. The van der Waals surface area contributed by atoms with E-state index >= 15 is 0 Å². The van der Waals surface area contributed by atoms with Gasteiger partial charge in [-0.25, -0.2) is 0 Å². The van der Waals surface area contributed by atoms with Crippen LogP contribution in [-0.4, -0.2) is 37.4 Å². The van der Waals surface area contributed by atoms with Gasteiger partial charge in [-0.2, -0.15) is 0 Å². The van der Waals surface area contributed by atoms with Crippen LogP contribution < -0.4 is 4.90 Å². The quantitative estimate of drug-likeness (QED) is 0.447. The second kappa shape index (κ2) is 7.06. The molecule has 2 aromatic rings. The van der Waals surface area contributed by atoms with E-state index in [9.17, 15) is 14.9 Å². The first-order chi connectivity index (χ1) is 12.0. The van der Waals surface area contributed by atoms with Crippen molar-refractivity contribution in [2.24, 2.45) is 0 Å². The van der Waals surface area contributed by atoms with Crippen LogP contribution in [0.4, 0.5) is 11.4 Å². The molecule has 8 nitrogen and oxygen atoms in total. The molecule has 1 aromatic heterocycles. The Hall–Kier alpha value is -2.68. The van der Waals surface area contributed by atoms with E-state index in [-0.39, 0.29) is 16.8 Å². The van der Waals surface area contributed by atoms with Crippen LogP contribution in [-0.2, 0) is 11.3 Å². The van der Waals surface area contributed by atoms with Crippen molar-refractivity contribution in [2.75, 3.05) is 11.4 Å². The Morgan fingerprint density at radius 3 is 3.00 bits per heavy atom. The third-order valence-electron chi connectivity index (χ3n) is 3.97. The van der Waals surface area contributed by atoms with E-state index in [4.69, 9.17) is 0 Å². The number of rotatable bonds is 6. The summed E-state index contributed by atoms with van der Waals surface area (Å²) in [5.74, 6) is 0.694. The summed E-state index contributed by atoms with van der Waals surface area (Å²) in [6.45, 7) is 6.68. The fourth-order valence-corrected chi connectivity index (χ4v) is 3.84. The number of carbonyl (C=O) groups excluding carboxylic acids is 1. The highest BCUT2D eigenvalue weighted by molar-refractivity contribution is 8.00. The van der Waals surface area contributed by atoms with Gasteiger partial charge in [0.05, 0.1) is 15.9 Å². The smallest absolute Gasteiger partial charge is 0.271 e. The highest BCUT2D eigenvalue weighted by Crippen LogP contribution is 2.33. The van der Waals surface area contributed by atoms with E-state index in [0.29, 0.717) is 30.4 Å². The summed E-state index contributed by atoms with van der Waals surface area (Å²) in [5.41, 5.74) is 0.522. The normalized spacial score (nSPS) is 17.1. The fourth-order valence-electron chi connectivity index (χ4n) is 2.71. The van der Waals surface area contributed by atoms with Gasteiger partial charge in [0.1, 0.15) is 5.82 Å². The number of benzene rings is 1. The SMILES string of the molecule is C=CCn1c(C)nnc1SC1CCN(c2cccc([N+](=O)[O-])c2)C1=O. The Bertz CT molecular complexity index is 835. The first kappa shape index (κ1) is 17.2. The Kier molecular flexibility index (Phi) is 4.84. The summed E-state index contributed by atoms with van der Waals surface area (Å²) in [7, 11) is 0. The molecule has 1 aromatic carbocycles. The number of nitro benzene ring substituents is 1. The molecule has 0 bridgehead atoms. The van der Waals surface area contributed by atoms with Crippen LogP contribution in [0.3, 0.4) is 0 Å². The number of amides is 1. The molecule has 1 saturated heterocycles. The first-order valence-electron chi connectivity index (χ1n) is 7.74. The number of allylic oxidation sites excluding steroid dienone is 1. The molecule has 1 unspecified atom stereocenters. The molecule has 1 amide bonds. The average molecular weight is 359 g/mol. The zero-order chi connectivity index (χ0) is 18.0. The summed E-state index contributed by atoms with van der Waals surface area (Å²) in [6.07, 6.45) is 2.40. The predicted octanol–water partition coefficient (Wildman–Crippen LogP) is 2.58. The van der Waals surface area contributed by atoms with Gasteiger partial charge >= 0.3 is 0 Å². The number of aryl methyl sites for hydroxylation is 1. The lowest BCUT2D eigenvalue weighted by atomic mass is 10.2. The number of non-ortho nitro benzene ring substituents is 1. The summed E-state index contributed by atoms with van der Waals surface area (Å²) in [6, 6.07) is 6.14. The molecule has 3 rings (SSSR count). The van der Waals surface area contributed by atoms with Gasteiger partial charge < -0.3 is 9.47 Å². The van der Waals surface area contributed by atoms with Crippen molar-refractivity contribution in [1.82, 2.24) is 14.8 Å². The first-order valence-corrected chi connectivity index (χ1v) is 8.62. The number of nitrogens with zero attached hydrogens (tertiary/aromatic N) is 5. The number of nitro groups is 1. The molecule has 25 heavy (non-hydrogen) atoms. The molecule has 0 saturated carbocycles. The average Bonchev–Trinajstić information content (AvgIpc) is 3.13. The maximum Gasteiger partial charge on any atom is 0.271 e. The minimum atomic E-state index is -0.461. The van der Waals surface area contributed by atoms with E-state index in [2.05, 4.69) is 16.8 Å². The van der Waals surface area contributed by atoms with E-state index in [1.54, 1.807) is 23.1 Å². The van der Waals surface area contributed by atoms with Gasteiger partial charge in [-0.05, 0) is 19.4 Å². The van der Waals surface area contributed by atoms with Crippen LogP contribution >= 0.6 is 11.8 Å². The largest absolute Gasteiger partial charge is 0.311 e. The van der Waals surface area contributed by atoms with Crippen molar-refractivity contribution in [3.63, 3.8) is 0 Å². The standard InChI is InChI=1S/C16H17N5O3S/c1-3-8-19-11(2)17-18-16(19)25-14-7-9-20(15(14)22)12-5-4-6-13(10-12)21(23)24/h3-6,10,14H,1,7-9H2,2H3. The van der Waals surface area contributed by atoms with E-state index < -0.39 is 4.92 Å². The van der Waals surface area contributed by atoms with Crippen LogP contribution in [0.25, 0.3) is 0 Å². The molecule has 1 fully saturated rings. The predicted molar refractivity (Wildman–Crippen MR) is 94.7 cm³/mol. The summed E-state index contributed by atoms with van der Waals surface area (Å²) < 4.78 is 1.90. The van der Waals surface area contributed by atoms with Crippen molar-refractivity contribution < 1.29 is 9.72 Å². The molecule has 1 aliphatic heterocycles. The Morgan fingerprint density at radius 1 is 1.48 bits per heavy atom. The number of carbonyl (C=O) groups is 1. The maximum absolute atomic E-state index is 12.7. The lowest BCUT2D eigenvalue weighted by Crippen LogP contribution is -2.28. The Morgan fingerprint density at radius 2 is 2.28 bits per heavy atom. The summed E-state index contributed by atoms with van der Waals surface area (Å²) in [4.78, 5) is 24.8. The molecular formula is C16H17N5O3S. The van der Waals surface area contributed by atoms with Crippen molar-refractivity contribution in [3.8, 4) is 0 Å². The monoisotopic (exact) mass is 359 g/mol. The summed E-state index contributed by atoms with van der Waals surface area (Å²) >= 11 is 1.37. The number of hydrogen-bond acceptors (Lipinski definition) is 6. The van der Waals surface area contributed by atoms with Crippen molar-refractivity contribution in [3.05, 3.63) is 52.9 Å². The van der Waals surface area contributed by atoms with E-state index in [1.807, 2.05) is 11.5 Å². The zero-order valence-corrected chi connectivity index (χ0v) is 14.5. The highest BCUT2D eigenvalue weighted by Gasteiger charge is 2.35. The van der Waals surface area contributed by atoms with Gasteiger partial charge in [-0.1, -0.05) is 23.9 Å². The Balaban J connectivity index is 1.77. The molecule has 2 heterocycles. The van der Waals surface area contributed by atoms with Gasteiger partial charge in [-0.15, -0.1) is 16.8 Å². The molecule has 9 heteroatoms. The van der Waals surface area contributed by atoms with Gasteiger partial charge in [0.25, 0.3) is 5.69 Å². The molecule has 0 radical (unpaired) electrons. The lowest BCUT2D eigenvalue weighted by Gasteiger charge is -2.16. The van der Waals surface area contributed by atoms with Gasteiger partial charge in [-0.3, -0.25) is 14.9 Å². The van der Waals surface area contributed by atoms with Gasteiger partial charge in [0, 0.05) is 25.2 Å². The molecule has 0 spiro atoms. The minimum absolute atomic E-state index is 0.0252. The van der Waals surface area contributed by atoms with Crippen LogP contribution in [0.5, 0.6) is 0 Å². The fraction of sp³-hybridized carbons (Fsp3) is 0.312. The molecule has 0 aliphatic carbocycles. The second-order valence-corrected chi connectivity index (χ2v) is 6.76. The topological polar surface area (TPSA) is 94.2 Å². The molecule has 1 atom stereocenters. The van der Waals surface area contributed by atoms with Crippen molar-refractivity contribution in [1.29, 1.82) is 0 Å². The van der Waals surface area contributed by atoms with Crippen LogP contribution in [0.15, 0.2) is 42.1 Å². The molecule has 1 aliphatic rings. The van der Waals surface area contributed by atoms with E-state index in [0.717, 1.165) is 5.82 Å². The molecular weight excluding hydrogens is 342 g/mol. The van der Waals surface area contributed by atoms with Crippen LogP contribution in [0.1, 0.15) is 12.2 Å². The summed E-state index contributed by atoms with van der Waals surface area (Å²) in [5, 5.41) is 19.5. The van der Waals surface area contributed by atoms with E-state index in [1.165, 1.54) is 23.9 Å². The highest BCUT2D eigenvalue weighted by atomic mass is 32.2. The number of anilines is 1. The Labute approximate surface area is 148 Å². The second-order valence-electron chi connectivity index (χ2n) is 5.59. The number of hydrogen-bond donors (Lipinski definition) is 0.